The molecule has 1 fully saturated rings. The number of aliphatic hydroxyl groups is 1. The lowest BCUT2D eigenvalue weighted by Crippen LogP contribution is -2.15. The molecule has 17 heavy (non-hydrogen) atoms. The van der Waals surface area contributed by atoms with Crippen molar-refractivity contribution in [3.63, 3.8) is 0 Å². The van der Waals surface area contributed by atoms with E-state index in [-0.39, 0.29) is 12.0 Å². The smallest absolute Gasteiger partial charge is 0.213 e. The molecule has 3 nitrogen and oxygen atoms in total. The topological polar surface area (TPSA) is 42.4 Å². The zero-order valence-electron chi connectivity index (χ0n) is 10.9. The predicted octanol–water partition coefficient (Wildman–Crippen LogP) is 2.66. The maximum atomic E-state index is 9.26. The fourth-order valence-corrected chi connectivity index (χ4v) is 1.60. The molecule has 0 amide bonds. The third-order valence-corrected chi connectivity index (χ3v) is 2.98. The molecule has 0 saturated heterocycles. The lowest BCUT2D eigenvalue weighted by molar-refractivity contribution is 0.271. The van der Waals surface area contributed by atoms with Crippen molar-refractivity contribution in [1.82, 2.24) is 4.98 Å². The van der Waals surface area contributed by atoms with Gasteiger partial charge in [-0.3, -0.25) is 0 Å². The molecular formula is C14H21NO2. The van der Waals surface area contributed by atoms with E-state index in [1.807, 2.05) is 12.1 Å². The molecule has 0 atom stereocenters. The SMILES string of the molecule is CC(C)(C)c1cc(CO)cc(OCC2CC2)n1. The lowest BCUT2D eigenvalue weighted by atomic mass is 9.91. The highest BCUT2D eigenvalue weighted by Gasteiger charge is 2.23. The van der Waals surface area contributed by atoms with E-state index in [0.29, 0.717) is 11.8 Å². The summed E-state index contributed by atoms with van der Waals surface area (Å²) in [6.07, 6.45) is 2.54. The molecule has 1 aliphatic rings. The summed E-state index contributed by atoms with van der Waals surface area (Å²) in [6.45, 7) is 7.13. The van der Waals surface area contributed by atoms with Gasteiger partial charge in [0.25, 0.3) is 0 Å². The molecule has 1 heterocycles. The fraction of sp³-hybridized carbons (Fsp3) is 0.643. The zero-order valence-corrected chi connectivity index (χ0v) is 10.9. The van der Waals surface area contributed by atoms with Gasteiger partial charge in [-0.25, -0.2) is 4.98 Å². The Balaban J connectivity index is 2.18. The zero-order chi connectivity index (χ0) is 12.5. The van der Waals surface area contributed by atoms with Crippen molar-refractivity contribution in [3.8, 4) is 5.88 Å². The quantitative estimate of drug-likeness (QED) is 0.872. The number of ether oxygens (including phenoxy) is 1. The molecule has 0 spiro atoms. The fourth-order valence-electron chi connectivity index (χ4n) is 1.60. The van der Waals surface area contributed by atoms with Gasteiger partial charge in [0.05, 0.1) is 18.9 Å². The van der Waals surface area contributed by atoms with Crippen molar-refractivity contribution in [3.05, 3.63) is 23.4 Å². The van der Waals surface area contributed by atoms with Crippen LogP contribution in [0.4, 0.5) is 0 Å². The molecule has 3 heteroatoms. The van der Waals surface area contributed by atoms with Gasteiger partial charge in [-0.2, -0.15) is 0 Å². The minimum absolute atomic E-state index is 0.0249. The Morgan fingerprint density at radius 1 is 1.35 bits per heavy atom. The molecule has 1 aromatic heterocycles. The molecule has 1 aliphatic carbocycles. The maximum Gasteiger partial charge on any atom is 0.213 e. The van der Waals surface area contributed by atoms with Crippen LogP contribution < -0.4 is 4.74 Å². The molecule has 1 saturated carbocycles. The van der Waals surface area contributed by atoms with Gasteiger partial charge < -0.3 is 9.84 Å². The number of rotatable bonds is 4. The predicted molar refractivity (Wildman–Crippen MR) is 67.1 cm³/mol. The number of hydrogen-bond donors (Lipinski definition) is 1. The number of hydrogen-bond acceptors (Lipinski definition) is 3. The Morgan fingerprint density at radius 3 is 2.59 bits per heavy atom. The minimum atomic E-state index is -0.0249. The van der Waals surface area contributed by atoms with Crippen LogP contribution in [0.3, 0.4) is 0 Å². The number of aliphatic hydroxyl groups excluding tert-OH is 1. The Kier molecular flexibility index (Phi) is 3.38. The monoisotopic (exact) mass is 235 g/mol. The van der Waals surface area contributed by atoms with Crippen LogP contribution in [0.1, 0.15) is 44.9 Å². The van der Waals surface area contributed by atoms with Gasteiger partial charge in [-0.05, 0) is 30.4 Å². The average molecular weight is 235 g/mol. The maximum absolute atomic E-state index is 9.26. The number of nitrogens with zero attached hydrogens (tertiary/aromatic N) is 1. The summed E-state index contributed by atoms with van der Waals surface area (Å²) < 4.78 is 5.69. The molecule has 2 rings (SSSR count). The Bertz CT molecular complexity index is 392. The van der Waals surface area contributed by atoms with Crippen LogP contribution >= 0.6 is 0 Å². The van der Waals surface area contributed by atoms with Crippen LogP contribution in [-0.2, 0) is 12.0 Å². The molecular weight excluding hydrogens is 214 g/mol. The van der Waals surface area contributed by atoms with E-state index in [4.69, 9.17) is 4.74 Å². The second-order valence-electron chi connectivity index (χ2n) is 5.86. The lowest BCUT2D eigenvalue weighted by Gasteiger charge is -2.19. The van der Waals surface area contributed by atoms with E-state index in [2.05, 4.69) is 25.8 Å². The van der Waals surface area contributed by atoms with Crippen molar-refractivity contribution in [1.29, 1.82) is 0 Å². The number of pyridine rings is 1. The summed E-state index contributed by atoms with van der Waals surface area (Å²) in [5.74, 6) is 1.36. The number of aromatic nitrogens is 1. The third-order valence-electron chi connectivity index (χ3n) is 2.98. The van der Waals surface area contributed by atoms with Crippen LogP contribution in [0, 0.1) is 5.92 Å². The van der Waals surface area contributed by atoms with Gasteiger partial charge >= 0.3 is 0 Å². The molecule has 0 bridgehead atoms. The molecule has 1 N–H and O–H groups in total. The second-order valence-corrected chi connectivity index (χ2v) is 5.86. The summed E-state index contributed by atoms with van der Waals surface area (Å²) in [5.41, 5.74) is 1.81. The third kappa shape index (κ3) is 3.43. The highest BCUT2D eigenvalue weighted by Crippen LogP contribution is 2.30. The molecule has 0 unspecified atom stereocenters. The first-order chi connectivity index (χ1) is 7.99. The van der Waals surface area contributed by atoms with Crippen LogP contribution in [0.5, 0.6) is 5.88 Å². The summed E-state index contributed by atoms with van der Waals surface area (Å²) >= 11 is 0. The molecule has 1 aromatic rings. The molecule has 0 aliphatic heterocycles. The summed E-state index contributed by atoms with van der Waals surface area (Å²) in [4.78, 5) is 4.52. The van der Waals surface area contributed by atoms with Crippen molar-refractivity contribution in [2.24, 2.45) is 5.92 Å². The van der Waals surface area contributed by atoms with Crippen molar-refractivity contribution < 1.29 is 9.84 Å². The van der Waals surface area contributed by atoms with Gasteiger partial charge in [0, 0.05) is 11.5 Å². The average Bonchev–Trinajstić information content (AvgIpc) is 3.08. The van der Waals surface area contributed by atoms with Gasteiger partial charge in [-0.1, -0.05) is 20.8 Å². The highest BCUT2D eigenvalue weighted by molar-refractivity contribution is 5.28. The van der Waals surface area contributed by atoms with Crippen molar-refractivity contribution in [2.45, 2.75) is 45.6 Å². The van der Waals surface area contributed by atoms with Gasteiger partial charge in [-0.15, -0.1) is 0 Å². The summed E-state index contributed by atoms with van der Waals surface area (Å²) in [5, 5.41) is 9.26. The van der Waals surface area contributed by atoms with Crippen molar-refractivity contribution in [2.75, 3.05) is 6.61 Å². The van der Waals surface area contributed by atoms with Gasteiger partial charge in [0.15, 0.2) is 0 Å². The van der Waals surface area contributed by atoms with E-state index in [9.17, 15) is 5.11 Å². The van der Waals surface area contributed by atoms with Crippen LogP contribution in [0.15, 0.2) is 12.1 Å². The first kappa shape index (κ1) is 12.4. The van der Waals surface area contributed by atoms with Crippen LogP contribution in [-0.4, -0.2) is 16.7 Å². The Morgan fingerprint density at radius 2 is 2.06 bits per heavy atom. The van der Waals surface area contributed by atoms with Gasteiger partial charge in [0.2, 0.25) is 5.88 Å². The summed E-state index contributed by atoms with van der Waals surface area (Å²) in [7, 11) is 0. The molecule has 0 radical (unpaired) electrons. The largest absolute Gasteiger partial charge is 0.477 e. The molecule has 94 valence electrons. The normalized spacial score (nSPS) is 16.0. The van der Waals surface area contributed by atoms with E-state index in [1.54, 1.807) is 0 Å². The van der Waals surface area contributed by atoms with E-state index in [0.717, 1.165) is 17.9 Å². The van der Waals surface area contributed by atoms with Crippen LogP contribution in [0.25, 0.3) is 0 Å². The first-order valence-corrected chi connectivity index (χ1v) is 6.24. The summed E-state index contributed by atoms with van der Waals surface area (Å²) in [6, 6.07) is 3.78. The van der Waals surface area contributed by atoms with Gasteiger partial charge in [0.1, 0.15) is 0 Å². The van der Waals surface area contributed by atoms with E-state index < -0.39 is 0 Å². The van der Waals surface area contributed by atoms with Crippen molar-refractivity contribution >= 4 is 0 Å². The minimum Gasteiger partial charge on any atom is -0.477 e. The highest BCUT2D eigenvalue weighted by atomic mass is 16.5. The standard InChI is InChI=1S/C14H21NO2/c1-14(2,3)12-6-11(8-16)7-13(15-12)17-9-10-4-5-10/h6-7,10,16H,4-5,8-9H2,1-3H3. The van der Waals surface area contributed by atoms with Crippen LogP contribution in [0.2, 0.25) is 0 Å². The second kappa shape index (κ2) is 4.65. The Labute approximate surface area is 103 Å². The van der Waals surface area contributed by atoms with E-state index >= 15 is 0 Å². The van der Waals surface area contributed by atoms with E-state index in [1.165, 1.54) is 12.8 Å². The first-order valence-electron chi connectivity index (χ1n) is 6.24. The Hall–Kier alpha value is -1.09. The molecule has 0 aromatic carbocycles.